The molecule has 0 bridgehead atoms. The van der Waals surface area contributed by atoms with Gasteiger partial charge in [0.15, 0.2) is 0 Å². The van der Waals surface area contributed by atoms with Crippen molar-refractivity contribution in [3.05, 3.63) is 18.2 Å². The van der Waals surface area contributed by atoms with Crippen LogP contribution in [0.2, 0.25) is 0 Å². The molecule has 1 amide bonds. The van der Waals surface area contributed by atoms with E-state index in [0.29, 0.717) is 18.9 Å². The largest absolute Gasteiger partial charge is 0.354 e. The number of nitrogens with one attached hydrogen (secondary N) is 2. The molecule has 5 nitrogen and oxygen atoms in total. The zero-order valence-corrected chi connectivity index (χ0v) is 10.4. The maximum atomic E-state index is 11.2. The number of amides is 1. The summed E-state index contributed by atoms with van der Waals surface area (Å²) >= 11 is 0. The van der Waals surface area contributed by atoms with Crippen molar-refractivity contribution in [2.24, 2.45) is 5.92 Å². The fourth-order valence-electron chi connectivity index (χ4n) is 2.07. The lowest BCUT2D eigenvalue weighted by Crippen LogP contribution is -2.22. The molecule has 1 unspecified atom stereocenters. The molecule has 94 valence electrons. The molecule has 0 saturated carbocycles. The molecule has 17 heavy (non-hydrogen) atoms. The van der Waals surface area contributed by atoms with Crippen molar-refractivity contribution in [2.75, 3.05) is 13.1 Å². The van der Waals surface area contributed by atoms with E-state index in [1.165, 1.54) is 0 Å². The number of imidazole rings is 1. The van der Waals surface area contributed by atoms with E-state index < -0.39 is 0 Å². The molecule has 1 aliphatic rings. The molecule has 0 spiro atoms. The Bertz CT molecular complexity index is 386. The summed E-state index contributed by atoms with van der Waals surface area (Å²) in [7, 11) is 0. The second-order valence-electron chi connectivity index (χ2n) is 4.98. The minimum Gasteiger partial charge on any atom is -0.354 e. The molecule has 5 heteroatoms. The van der Waals surface area contributed by atoms with Gasteiger partial charge in [-0.2, -0.15) is 0 Å². The predicted octanol–water partition coefficient (Wildman–Crippen LogP) is 0.690. The number of nitrogens with zero attached hydrogens (tertiary/aromatic N) is 2. The Morgan fingerprint density at radius 3 is 3.12 bits per heavy atom. The van der Waals surface area contributed by atoms with E-state index in [1.54, 1.807) is 0 Å². The third-order valence-corrected chi connectivity index (χ3v) is 2.95. The summed E-state index contributed by atoms with van der Waals surface area (Å²) in [5, 5.41) is 6.25. The maximum Gasteiger partial charge on any atom is 0.222 e. The Kier molecular flexibility index (Phi) is 3.78. The highest BCUT2D eigenvalue weighted by Gasteiger charge is 2.24. The van der Waals surface area contributed by atoms with Crippen molar-refractivity contribution in [3.8, 4) is 0 Å². The molecular formula is C12H20N4O. The minimum absolute atomic E-state index is 0.129. The van der Waals surface area contributed by atoms with Crippen LogP contribution in [-0.2, 0) is 11.3 Å². The summed E-state index contributed by atoms with van der Waals surface area (Å²) < 4.78 is 2.10. The van der Waals surface area contributed by atoms with E-state index in [1.807, 2.05) is 12.5 Å². The van der Waals surface area contributed by atoms with Gasteiger partial charge in [0.1, 0.15) is 0 Å². The van der Waals surface area contributed by atoms with Gasteiger partial charge in [0.25, 0.3) is 0 Å². The Morgan fingerprint density at radius 2 is 2.47 bits per heavy atom. The standard InChI is InChI=1S/C12H20N4O/c1-9(2)4-13-5-11-6-14-8-16(11)10-3-12(17)15-7-10/h6,8-10,13H,3-5,7H2,1-2H3,(H,15,17). The third-order valence-electron chi connectivity index (χ3n) is 2.95. The van der Waals surface area contributed by atoms with Crippen molar-refractivity contribution < 1.29 is 4.79 Å². The molecule has 2 heterocycles. The van der Waals surface area contributed by atoms with Gasteiger partial charge >= 0.3 is 0 Å². The van der Waals surface area contributed by atoms with Crippen LogP contribution in [0.4, 0.5) is 0 Å². The summed E-state index contributed by atoms with van der Waals surface area (Å²) in [6.45, 7) is 6.88. The van der Waals surface area contributed by atoms with Crippen LogP contribution < -0.4 is 10.6 Å². The number of aromatic nitrogens is 2. The van der Waals surface area contributed by atoms with Gasteiger partial charge in [0, 0.05) is 25.7 Å². The van der Waals surface area contributed by atoms with Crippen molar-refractivity contribution in [3.63, 3.8) is 0 Å². The number of hydrogen-bond donors (Lipinski definition) is 2. The highest BCUT2D eigenvalue weighted by molar-refractivity contribution is 5.78. The number of carbonyl (C=O) groups is 1. The zero-order valence-electron chi connectivity index (χ0n) is 10.4. The summed E-state index contributed by atoms with van der Waals surface area (Å²) in [6, 6.07) is 0.223. The predicted molar refractivity (Wildman–Crippen MR) is 65.4 cm³/mol. The average molecular weight is 236 g/mol. The molecule has 0 radical (unpaired) electrons. The molecule has 0 aliphatic carbocycles. The Labute approximate surface area is 102 Å². The quantitative estimate of drug-likeness (QED) is 0.791. The number of rotatable bonds is 5. The normalized spacial score (nSPS) is 19.9. The molecule has 1 aromatic rings. The average Bonchev–Trinajstić information content (AvgIpc) is 2.86. The van der Waals surface area contributed by atoms with Crippen LogP contribution in [-0.4, -0.2) is 28.5 Å². The highest BCUT2D eigenvalue weighted by atomic mass is 16.1. The van der Waals surface area contributed by atoms with Gasteiger partial charge in [-0.25, -0.2) is 4.98 Å². The van der Waals surface area contributed by atoms with Gasteiger partial charge in [-0.3, -0.25) is 4.79 Å². The monoisotopic (exact) mass is 236 g/mol. The summed E-state index contributed by atoms with van der Waals surface area (Å²) in [5.74, 6) is 0.769. The Hall–Kier alpha value is -1.36. The second-order valence-corrected chi connectivity index (χ2v) is 4.98. The van der Waals surface area contributed by atoms with Crippen LogP contribution in [0.1, 0.15) is 32.0 Å². The lowest BCUT2D eigenvalue weighted by atomic mass is 10.2. The van der Waals surface area contributed by atoms with E-state index in [4.69, 9.17) is 0 Å². The van der Waals surface area contributed by atoms with Gasteiger partial charge < -0.3 is 15.2 Å². The van der Waals surface area contributed by atoms with Gasteiger partial charge in [-0.05, 0) is 12.5 Å². The lowest BCUT2D eigenvalue weighted by Gasteiger charge is -2.14. The molecule has 1 saturated heterocycles. The Morgan fingerprint density at radius 1 is 1.65 bits per heavy atom. The molecule has 2 rings (SSSR count). The molecule has 2 N–H and O–H groups in total. The fraction of sp³-hybridized carbons (Fsp3) is 0.667. The van der Waals surface area contributed by atoms with Gasteiger partial charge in [-0.15, -0.1) is 0 Å². The van der Waals surface area contributed by atoms with Crippen molar-refractivity contribution in [1.29, 1.82) is 0 Å². The number of hydrogen-bond acceptors (Lipinski definition) is 3. The van der Waals surface area contributed by atoms with Crippen LogP contribution in [0.15, 0.2) is 12.5 Å². The van der Waals surface area contributed by atoms with Crippen molar-refractivity contribution in [1.82, 2.24) is 20.2 Å². The van der Waals surface area contributed by atoms with E-state index in [0.717, 1.165) is 18.8 Å². The van der Waals surface area contributed by atoms with Crippen LogP contribution in [0, 0.1) is 5.92 Å². The number of carbonyl (C=O) groups excluding carboxylic acids is 1. The van der Waals surface area contributed by atoms with Crippen molar-refractivity contribution >= 4 is 5.91 Å². The molecule has 0 aromatic carbocycles. The van der Waals surface area contributed by atoms with Crippen LogP contribution in [0.3, 0.4) is 0 Å². The lowest BCUT2D eigenvalue weighted by molar-refractivity contribution is -0.119. The van der Waals surface area contributed by atoms with Crippen LogP contribution in [0.5, 0.6) is 0 Å². The topological polar surface area (TPSA) is 59.0 Å². The van der Waals surface area contributed by atoms with E-state index >= 15 is 0 Å². The second kappa shape index (κ2) is 5.31. The molecule has 1 fully saturated rings. The zero-order chi connectivity index (χ0) is 12.3. The van der Waals surface area contributed by atoms with Crippen LogP contribution >= 0.6 is 0 Å². The van der Waals surface area contributed by atoms with E-state index in [2.05, 4.69) is 34.0 Å². The smallest absolute Gasteiger partial charge is 0.222 e. The van der Waals surface area contributed by atoms with Gasteiger partial charge in [0.2, 0.25) is 5.91 Å². The van der Waals surface area contributed by atoms with Gasteiger partial charge in [0.05, 0.1) is 18.1 Å². The van der Waals surface area contributed by atoms with Gasteiger partial charge in [-0.1, -0.05) is 13.8 Å². The molecule has 1 aliphatic heterocycles. The first-order valence-corrected chi connectivity index (χ1v) is 6.15. The minimum atomic E-state index is 0.129. The van der Waals surface area contributed by atoms with E-state index in [-0.39, 0.29) is 11.9 Å². The molecular weight excluding hydrogens is 216 g/mol. The fourth-order valence-corrected chi connectivity index (χ4v) is 2.07. The summed E-state index contributed by atoms with van der Waals surface area (Å²) in [4.78, 5) is 15.4. The third kappa shape index (κ3) is 3.06. The summed E-state index contributed by atoms with van der Waals surface area (Å²) in [5.41, 5.74) is 1.15. The maximum absolute atomic E-state index is 11.2. The summed E-state index contributed by atoms with van der Waals surface area (Å²) in [6.07, 6.45) is 4.25. The first-order valence-electron chi connectivity index (χ1n) is 6.15. The Balaban J connectivity index is 1.94. The highest BCUT2D eigenvalue weighted by Crippen LogP contribution is 2.17. The molecule has 1 aromatic heterocycles. The first kappa shape index (κ1) is 12.1. The van der Waals surface area contributed by atoms with E-state index in [9.17, 15) is 4.79 Å². The van der Waals surface area contributed by atoms with Crippen molar-refractivity contribution in [2.45, 2.75) is 32.9 Å². The molecule has 1 atom stereocenters. The first-order chi connectivity index (χ1) is 8.16. The van der Waals surface area contributed by atoms with Crippen LogP contribution in [0.25, 0.3) is 0 Å². The SMILES string of the molecule is CC(C)CNCc1cncn1C1CNC(=O)C1.